The van der Waals surface area contributed by atoms with Crippen LogP contribution in [-0.2, 0) is 6.42 Å². The Morgan fingerprint density at radius 2 is 1.80 bits per heavy atom. The van der Waals surface area contributed by atoms with Crippen LogP contribution >= 0.6 is 24.0 Å². The van der Waals surface area contributed by atoms with E-state index in [1.165, 1.54) is 10.5 Å². The highest BCUT2D eigenvalue weighted by atomic mass is 32.2. The average Bonchev–Trinajstić information content (AvgIpc) is 3.39. The lowest BCUT2D eigenvalue weighted by Crippen LogP contribution is -2.46. The highest BCUT2D eigenvalue weighted by molar-refractivity contribution is 7.98. The fourth-order valence-electron chi connectivity index (χ4n) is 4.33. The molecule has 1 atom stereocenters. The highest BCUT2D eigenvalue weighted by Crippen LogP contribution is 2.39. The van der Waals surface area contributed by atoms with Gasteiger partial charge in [-0.2, -0.15) is 4.98 Å². The molecule has 0 fully saturated rings. The second kappa shape index (κ2) is 10.1. The lowest BCUT2D eigenvalue weighted by atomic mass is 9.94. The van der Waals surface area contributed by atoms with Crippen molar-refractivity contribution in [3.8, 4) is 11.4 Å². The summed E-state index contributed by atoms with van der Waals surface area (Å²) in [6.45, 7) is 4.22. The Kier molecular flexibility index (Phi) is 6.70. The van der Waals surface area contributed by atoms with Crippen LogP contribution in [0.2, 0.25) is 0 Å². The standard InChI is InChI=1S/C28H26N4OS2/c1-4-19-9-8-12-22(17-19)32-18(2)24(27-30-26(31-33-27)21-10-6-5-7-11-21)25(29-28(32)34)20-13-15-23(35-3)16-14-20/h5-17,25H,4H2,1-3H3,(H,29,34). The molecule has 1 aliphatic heterocycles. The zero-order valence-corrected chi connectivity index (χ0v) is 21.5. The van der Waals surface area contributed by atoms with E-state index in [9.17, 15) is 0 Å². The number of benzene rings is 3. The van der Waals surface area contributed by atoms with E-state index < -0.39 is 0 Å². The molecule has 0 saturated carbocycles. The number of aromatic nitrogens is 2. The van der Waals surface area contributed by atoms with E-state index in [0.717, 1.165) is 34.5 Å². The first kappa shape index (κ1) is 23.3. The summed E-state index contributed by atoms with van der Waals surface area (Å²) in [7, 11) is 0. The summed E-state index contributed by atoms with van der Waals surface area (Å²) >= 11 is 7.60. The molecule has 7 heteroatoms. The maximum absolute atomic E-state index is 5.89. The van der Waals surface area contributed by atoms with Crippen LogP contribution < -0.4 is 10.2 Å². The van der Waals surface area contributed by atoms with Gasteiger partial charge in [0.1, 0.15) is 0 Å². The third kappa shape index (κ3) is 4.61. The van der Waals surface area contributed by atoms with Gasteiger partial charge in [0.15, 0.2) is 5.11 Å². The molecule has 0 bridgehead atoms. The Morgan fingerprint density at radius 3 is 2.51 bits per heavy atom. The van der Waals surface area contributed by atoms with Crippen molar-refractivity contribution in [2.75, 3.05) is 11.2 Å². The number of rotatable bonds is 6. The normalized spacial score (nSPS) is 15.9. The average molecular weight is 499 g/mol. The van der Waals surface area contributed by atoms with Crippen LogP contribution in [0.5, 0.6) is 0 Å². The van der Waals surface area contributed by atoms with E-state index in [0.29, 0.717) is 16.8 Å². The number of thiocarbonyl (C=S) groups is 1. The Bertz CT molecular complexity index is 1380. The quantitative estimate of drug-likeness (QED) is 0.229. The van der Waals surface area contributed by atoms with Crippen molar-refractivity contribution in [2.45, 2.75) is 31.2 Å². The van der Waals surface area contributed by atoms with Crippen LogP contribution in [0.15, 0.2) is 94.0 Å². The van der Waals surface area contributed by atoms with Gasteiger partial charge >= 0.3 is 0 Å². The molecule has 0 amide bonds. The Balaban J connectivity index is 1.65. The summed E-state index contributed by atoms with van der Waals surface area (Å²) in [4.78, 5) is 8.06. The van der Waals surface area contributed by atoms with Gasteiger partial charge < -0.3 is 9.84 Å². The van der Waals surface area contributed by atoms with Gasteiger partial charge in [-0.3, -0.25) is 4.90 Å². The zero-order valence-electron chi connectivity index (χ0n) is 19.9. The molecule has 1 aliphatic rings. The molecule has 0 radical (unpaired) electrons. The van der Waals surface area contributed by atoms with E-state index >= 15 is 0 Å². The van der Waals surface area contributed by atoms with Crippen molar-refractivity contribution >= 4 is 40.4 Å². The first-order valence-electron chi connectivity index (χ1n) is 11.5. The Hall–Kier alpha value is -3.42. The van der Waals surface area contributed by atoms with E-state index in [1.54, 1.807) is 11.8 Å². The summed E-state index contributed by atoms with van der Waals surface area (Å²) in [6.07, 6.45) is 3.02. The summed E-state index contributed by atoms with van der Waals surface area (Å²) < 4.78 is 5.86. The Morgan fingerprint density at radius 1 is 1.03 bits per heavy atom. The first-order chi connectivity index (χ1) is 17.1. The van der Waals surface area contributed by atoms with Gasteiger partial charge in [0.2, 0.25) is 5.82 Å². The molecule has 0 saturated heterocycles. The maximum Gasteiger partial charge on any atom is 0.258 e. The molecular formula is C28H26N4OS2. The zero-order chi connectivity index (χ0) is 24.4. The maximum atomic E-state index is 5.89. The van der Waals surface area contributed by atoms with Crippen molar-refractivity contribution < 1.29 is 4.52 Å². The van der Waals surface area contributed by atoms with Gasteiger partial charge in [0.25, 0.3) is 5.89 Å². The van der Waals surface area contributed by atoms with Crippen LogP contribution in [0.25, 0.3) is 17.0 Å². The SMILES string of the molecule is CCc1cccc(N2C(=S)NC(c3ccc(SC)cc3)C(c3nc(-c4ccccc4)no3)=C2C)c1. The minimum atomic E-state index is -0.215. The molecule has 1 aromatic heterocycles. The predicted molar refractivity (Wildman–Crippen MR) is 147 cm³/mol. The number of thioether (sulfide) groups is 1. The van der Waals surface area contributed by atoms with Crippen LogP contribution in [0.4, 0.5) is 5.69 Å². The number of hydrogen-bond acceptors (Lipinski definition) is 5. The number of nitrogens with zero attached hydrogens (tertiary/aromatic N) is 3. The third-order valence-corrected chi connectivity index (χ3v) is 7.24. The third-order valence-electron chi connectivity index (χ3n) is 6.20. The monoisotopic (exact) mass is 498 g/mol. The van der Waals surface area contributed by atoms with Crippen LogP contribution in [0.1, 0.15) is 36.9 Å². The number of allylic oxidation sites excluding steroid dienone is 1. The van der Waals surface area contributed by atoms with Crippen LogP contribution in [0, 0.1) is 0 Å². The second-order valence-electron chi connectivity index (χ2n) is 8.30. The number of hydrogen-bond donors (Lipinski definition) is 1. The lowest BCUT2D eigenvalue weighted by Gasteiger charge is -2.37. The summed E-state index contributed by atoms with van der Waals surface area (Å²) in [5.74, 6) is 1.04. The molecular weight excluding hydrogens is 472 g/mol. The molecule has 0 aliphatic carbocycles. The van der Waals surface area contributed by atoms with E-state index in [-0.39, 0.29) is 6.04 Å². The second-order valence-corrected chi connectivity index (χ2v) is 9.57. The summed E-state index contributed by atoms with van der Waals surface area (Å²) in [5.41, 5.74) is 6.13. The van der Waals surface area contributed by atoms with E-state index in [4.69, 9.17) is 21.7 Å². The van der Waals surface area contributed by atoms with Gasteiger partial charge in [-0.1, -0.05) is 66.7 Å². The summed E-state index contributed by atoms with van der Waals surface area (Å²) in [6, 6.07) is 26.6. The minimum absolute atomic E-state index is 0.215. The topological polar surface area (TPSA) is 54.2 Å². The summed E-state index contributed by atoms with van der Waals surface area (Å²) in [5, 5.41) is 8.48. The van der Waals surface area contributed by atoms with Gasteiger partial charge in [-0.05, 0) is 67.2 Å². The van der Waals surface area contributed by atoms with Crippen molar-refractivity contribution in [2.24, 2.45) is 0 Å². The molecule has 5 nitrogen and oxygen atoms in total. The molecule has 1 N–H and O–H groups in total. The van der Waals surface area contributed by atoms with Crippen LogP contribution in [0.3, 0.4) is 0 Å². The number of nitrogens with one attached hydrogen (secondary N) is 1. The van der Waals surface area contributed by atoms with Gasteiger partial charge in [-0.25, -0.2) is 0 Å². The smallest absolute Gasteiger partial charge is 0.258 e. The highest BCUT2D eigenvalue weighted by Gasteiger charge is 2.34. The molecule has 0 spiro atoms. The van der Waals surface area contributed by atoms with Crippen molar-refractivity contribution in [3.63, 3.8) is 0 Å². The fourth-order valence-corrected chi connectivity index (χ4v) is 5.10. The lowest BCUT2D eigenvalue weighted by molar-refractivity contribution is 0.404. The first-order valence-corrected chi connectivity index (χ1v) is 13.2. The van der Waals surface area contributed by atoms with E-state index in [1.807, 2.05) is 30.3 Å². The number of anilines is 1. The van der Waals surface area contributed by atoms with Crippen molar-refractivity contribution in [1.82, 2.24) is 15.5 Å². The molecule has 4 aromatic rings. The number of aryl methyl sites for hydroxylation is 1. The Labute approximate surface area is 215 Å². The van der Waals surface area contributed by atoms with Crippen molar-refractivity contribution in [1.29, 1.82) is 0 Å². The van der Waals surface area contributed by atoms with Gasteiger partial charge in [-0.15, -0.1) is 11.8 Å². The van der Waals surface area contributed by atoms with Gasteiger partial charge in [0, 0.05) is 21.8 Å². The fraction of sp³-hybridized carbons (Fsp3) is 0.179. The van der Waals surface area contributed by atoms with E-state index in [2.05, 4.69) is 84.0 Å². The largest absolute Gasteiger partial charge is 0.351 e. The van der Waals surface area contributed by atoms with Crippen molar-refractivity contribution in [3.05, 3.63) is 102 Å². The molecule has 2 heterocycles. The van der Waals surface area contributed by atoms with Gasteiger partial charge in [0.05, 0.1) is 11.6 Å². The molecule has 35 heavy (non-hydrogen) atoms. The molecule has 5 rings (SSSR count). The molecule has 3 aromatic carbocycles. The predicted octanol–water partition coefficient (Wildman–Crippen LogP) is 6.89. The minimum Gasteiger partial charge on any atom is -0.351 e. The van der Waals surface area contributed by atoms with Crippen LogP contribution in [-0.4, -0.2) is 21.5 Å². The molecule has 1 unspecified atom stereocenters. The molecule has 176 valence electrons.